The summed E-state index contributed by atoms with van der Waals surface area (Å²) in [5.41, 5.74) is 0. The molecule has 1 heterocycles. The summed E-state index contributed by atoms with van der Waals surface area (Å²) < 4.78 is 5.44. The molecular formula is C9H16O4. The molecule has 13 heavy (non-hydrogen) atoms. The van der Waals surface area contributed by atoms with Gasteiger partial charge in [-0.15, -0.1) is 0 Å². The average Bonchev–Trinajstić information content (AvgIpc) is 2.01. The molecule has 0 aromatic rings. The highest BCUT2D eigenvalue weighted by Gasteiger charge is 2.32. The van der Waals surface area contributed by atoms with E-state index in [0.717, 1.165) is 0 Å². The maximum atomic E-state index is 10.5. The van der Waals surface area contributed by atoms with Crippen LogP contribution in [0.1, 0.15) is 26.7 Å². The van der Waals surface area contributed by atoms with Gasteiger partial charge in [0.05, 0.1) is 12.2 Å². The van der Waals surface area contributed by atoms with Crippen LogP contribution in [0.4, 0.5) is 0 Å². The number of hydrogen-bond donors (Lipinski definition) is 2. The number of aliphatic hydroxyl groups excluding tert-OH is 1. The van der Waals surface area contributed by atoms with Crippen LogP contribution in [0.15, 0.2) is 0 Å². The van der Waals surface area contributed by atoms with E-state index in [1.807, 2.05) is 13.8 Å². The lowest BCUT2D eigenvalue weighted by atomic mass is 9.88. The van der Waals surface area contributed by atoms with E-state index in [-0.39, 0.29) is 18.1 Å². The molecular weight excluding hydrogens is 172 g/mol. The van der Waals surface area contributed by atoms with E-state index in [1.165, 1.54) is 0 Å². The first-order valence-electron chi connectivity index (χ1n) is 4.57. The Labute approximate surface area is 77.5 Å². The minimum Gasteiger partial charge on any atom is -0.479 e. The number of aliphatic hydroxyl groups is 1. The number of aliphatic carboxylic acids is 1. The van der Waals surface area contributed by atoms with E-state index in [0.29, 0.717) is 12.8 Å². The van der Waals surface area contributed by atoms with Crippen molar-refractivity contribution in [3.63, 3.8) is 0 Å². The summed E-state index contributed by atoms with van der Waals surface area (Å²) in [7, 11) is 0. The summed E-state index contributed by atoms with van der Waals surface area (Å²) >= 11 is 0. The van der Waals surface area contributed by atoms with Gasteiger partial charge in [0.25, 0.3) is 0 Å². The van der Waals surface area contributed by atoms with Gasteiger partial charge in [-0.25, -0.2) is 4.79 Å². The van der Waals surface area contributed by atoms with Gasteiger partial charge < -0.3 is 14.9 Å². The normalized spacial score (nSPS) is 37.0. The van der Waals surface area contributed by atoms with Gasteiger partial charge in [0.1, 0.15) is 0 Å². The third-order valence-electron chi connectivity index (χ3n) is 2.43. The summed E-state index contributed by atoms with van der Waals surface area (Å²) in [4.78, 5) is 10.5. The van der Waals surface area contributed by atoms with Crippen molar-refractivity contribution in [2.24, 2.45) is 5.92 Å². The monoisotopic (exact) mass is 188 g/mol. The molecule has 1 rings (SSSR count). The highest BCUT2D eigenvalue weighted by Crippen LogP contribution is 2.27. The number of rotatable bonds is 2. The van der Waals surface area contributed by atoms with Crippen LogP contribution in [0.2, 0.25) is 0 Å². The fourth-order valence-electron chi connectivity index (χ4n) is 1.92. The highest BCUT2D eigenvalue weighted by molar-refractivity contribution is 5.72. The van der Waals surface area contributed by atoms with Crippen LogP contribution >= 0.6 is 0 Å². The minimum atomic E-state index is -1.24. The Bertz CT molecular complexity index is 182. The van der Waals surface area contributed by atoms with Gasteiger partial charge in [0.15, 0.2) is 6.10 Å². The Hall–Kier alpha value is -0.610. The van der Waals surface area contributed by atoms with Crippen molar-refractivity contribution in [3.05, 3.63) is 0 Å². The highest BCUT2D eigenvalue weighted by atomic mass is 16.5. The Morgan fingerprint density at radius 2 is 1.85 bits per heavy atom. The first-order chi connectivity index (χ1) is 6.00. The van der Waals surface area contributed by atoms with Crippen molar-refractivity contribution in [1.29, 1.82) is 0 Å². The fraction of sp³-hybridized carbons (Fsp3) is 0.889. The van der Waals surface area contributed by atoms with Gasteiger partial charge in [-0.3, -0.25) is 0 Å². The van der Waals surface area contributed by atoms with E-state index >= 15 is 0 Å². The number of carbonyl (C=O) groups is 1. The molecule has 0 aliphatic carbocycles. The molecule has 4 heteroatoms. The lowest BCUT2D eigenvalue weighted by molar-refractivity contribution is -0.154. The minimum absolute atomic E-state index is 0.0442. The van der Waals surface area contributed by atoms with E-state index in [2.05, 4.69) is 0 Å². The van der Waals surface area contributed by atoms with E-state index in [1.54, 1.807) is 0 Å². The first-order valence-corrected chi connectivity index (χ1v) is 4.57. The van der Waals surface area contributed by atoms with Crippen molar-refractivity contribution < 1.29 is 19.7 Å². The van der Waals surface area contributed by atoms with Crippen molar-refractivity contribution in [2.45, 2.75) is 45.0 Å². The molecule has 0 spiro atoms. The van der Waals surface area contributed by atoms with Crippen LogP contribution < -0.4 is 0 Å². The van der Waals surface area contributed by atoms with E-state index < -0.39 is 12.1 Å². The lowest BCUT2D eigenvalue weighted by Gasteiger charge is -2.33. The Balaban J connectivity index is 2.54. The molecule has 1 aliphatic rings. The fourth-order valence-corrected chi connectivity index (χ4v) is 1.92. The van der Waals surface area contributed by atoms with Crippen molar-refractivity contribution in [2.75, 3.05) is 0 Å². The molecule has 1 saturated heterocycles. The number of carboxylic acid groups (broad SMARTS) is 1. The predicted octanol–water partition coefficient (Wildman–Crippen LogP) is 0.635. The van der Waals surface area contributed by atoms with Gasteiger partial charge in [0.2, 0.25) is 0 Å². The number of ether oxygens (including phenoxy) is 1. The van der Waals surface area contributed by atoms with Gasteiger partial charge >= 0.3 is 5.97 Å². The molecule has 3 atom stereocenters. The smallest absolute Gasteiger partial charge is 0.332 e. The molecule has 0 saturated carbocycles. The number of hydrogen-bond acceptors (Lipinski definition) is 3. The van der Waals surface area contributed by atoms with Gasteiger partial charge in [0, 0.05) is 5.92 Å². The molecule has 4 nitrogen and oxygen atoms in total. The van der Waals surface area contributed by atoms with Gasteiger partial charge in [-0.2, -0.15) is 0 Å². The van der Waals surface area contributed by atoms with Crippen LogP contribution in [0.5, 0.6) is 0 Å². The van der Waals surface area contributed by atoms with Crippen LogP contribution in [0.25, 0.3) is 0 Å². The zero-order chi connectivity index (χ0) is 10.0. The molecule has 0 aromatic heterocycles. The molecule has 1 aliphatic heterocycles. The second-order valence-corrected chi connectivity index (χ2v) is 3.77. The van der Waals surface area contributed by atoms with Crippen LogP contribution in [-0.2, 0) is 9.53 Å². The average molecular weight is 188 g/mol. The quantitative estimate of drug-likeness (QED) is 0.667. The molecule has 3 unspecified atom stereocenters. The SMILES string of the molecule is CC1CC(C(O)C(=O)O)CC(C)O1. The maximum absolute atomic E-state index is 10.5. The number of carboxylic acids is 1. The second kappa shape index (κ2) is 4.07. The third-order valence-corrected chi connectivity index (χ3v) is 2.43. The van der Waals surface area contributed by atoms with Gasteiger partial charge in [-0.05, 0) is 26.7 Å². The van der Waals surface area contributed by atoms with Gasteiger partial charge in [-0.1, -0.05) is 0 Å². The zero-order valence-corrected chi connectivity index (χ0v) is 7.93. The van der Waals surface area contributed by atoms with Crippen LogP contribution in [-0.4, -0.2) is 34.5 Å². The summed E-state index contributed by atoms with van der Waals surface area (Å²) in [6.07, 6.45) is 0.0922. The first kappa shape index (κ1) is 10.5. The van der Waals surface area contributed by atoms with Crippen molar-refractivity contribution in [3.8, 4) is 0 Å². The molecule has 1 fully saturated rings. The van der Waals surface area contributed by atoms with Crippen LogP contribution in [0.3, 0.4) is 0 Å². The largest absolute Gasteiger partial charge is 0.479 e. The molecule has 76 valence electrons. The summed E-state index contributed by atoms with van der Waals surface area (Å²) in [6.45, 7) is 3.80. The Morgan fingerprint density at radius 1 is 1.38 bits per heavy atom. The Morgan fingerprint density at radius 3 is 2.23 bits per heavy atom. The predicted molar refractivity (Wildman–Crippen MR) is 46.4 cm³/mol. The molecule has 0 bridgehead atoms. The zero-order valence-electron chi connectivity index (χ0n) is 7.93. The molecule has 0 amide bonds. The third kappa shape index (κ3) is 2.67. The van der Waals surface area contributed by atoms with Crippen molar-refractivity contribution >= 4 is 5.97 Å². The molecule has 2 N–H and O–H groups in total. The standard InChI is InChI=1S/C9H16O4/c1-5-3-7(4-6(2)13-5)8(10)9(11)12/h5-8,10H,3-4H2,1-2H3,(H,11,12). The second-order valence-electron chi connectivity index (χ2n) is 3.77. The van der Waals surface area contributed by atoms with E-state index in [9.17, 15) is 9.90 Å². The topological polar surface area (TPSA) is 66.8 Å². The maximum Gasteiger partial charge on any atom is 0.332 e. The van der Waals surface area contributed by atoms with Crippen LogP contribution in [0, 0.1) is 5.92 Å². The molecule has 0 radical (unpaired) electrons. The summed E-state index contributed by atoms with van der Waals surface area (Å²) in [5.74, 6) is -1.30. The van der Waals surface area contributed by atoms with E-state index in [4.69, 9.17) is 9.84 Å². The summed E-state index contributed by atoms with van der Waals surface area (Å²) in [5, 5.41) is 17.9. The Kier molecular flexibility index (Phi) is 3.27. The molecule has 0 aromatic carbocycles. The summed E-state index contributed by atoms with van der Waals surface area (Å²) in [6, 6.07) is 0. The lowest BCUT2D eigenvalue weighted by Crippen LogP contribution is -2.39. The van der Waals surface area contributed by atoms with Crippen molar-refractivity contribution in [1.82, 2.24) is 0 Å².